The van der Waals surface area contributed by atoms with Crippen molar-refractivity contribution in [1.29, 1.82) is 0 Å². The van der Waals surface area contributed by atoms with E-state index in [1.165, 1.54) is 49.6 Å². The molecule has 0 saturated heterocycles. The van der Waals surface area contributed by atoms with Gasteiger partial charge in [0.1, 0.15) is 13.2 Å². The molecule has 0 fully saturated rings. The standard InChI is InChI=1S/C35H34N2O2S2/c1-22-30(18-32(40-22)34-36-26(20-38-34)16-24-10-5-3-6-11-24)28-14-9-15-29(28)31-19-33(41-23(31)2)35-37-27(21-39-35)17-25-12-7-4-8-13-25/h3-8,10-13,18-19,26-27H,9,14-17,20-21H2,1-2H3/t26-,27-/m0/s1. The second kappa shape index (κ2) is 11.4. The number of nitrogens with zero attached hydrogens (tertiary/aromatic N) is 2. The molecule has 7 rings (SSSR count). The summed E-state index contributed by atoms with van der Waals surface area (Å²) in [6.45, 7) is 5.78. The highest BCUT2D eigenvalue weighted by Crippen LogP contribution is 2.45. The van der Waals surface area contributed by atoms with E-state index < -0.39 is 0 Å². The van der Waals surface area contributed by atoms with Crippen molar-refractivity contribution < 1.29 is 9.47 Å². The van der Waals surface area contributed by atoms with E-state index in [-0.39, 0.29) is 12.1 Å². The van der Waals surface area contributed by atoms with E-state index in [9.17, 15) is 0 Å². The summed E-state index contributed by atoms with van der Waals surface area (Å²) in [6, 6.07) is 26.2. The highest BCUT2D eigenvalue weighted by atomic mass is 32.1. The second-order valence-corrected chi connectivity index (χ2v) is 13.7. The maximum atomic E-state index is 6.11. The molecule has 0 radical (unpaired) electrons. The van der Waals surface area contributed by atoms with Gasteiger partial charge in [-0.1, -0.05) is 60.7 Å². The van der Waals surface area contributed by atoms with Crippen LogP contribution in [0.4, 0.5) is 0 Å². The van der Waals surface area contributed by atoms with Crippen LogP contribution < -0.4 is 0 Å². The first-order chi connectivity index (χ1) is 20.1. The van der Waals surface area contributed by atoms with Gasteiger partial charge in [-0.05, 0) is 91.5 Å². The molecule has 2 atom stereocenters. The van der Waals surface area contributed by atoms with Gasteiger partial charge in [0.15, 0.2) is 0 Å². The molecule has 0 unspecified atom stereocenters. The van der Waals surface area contributed by atoms with E-state index in [4.69, 9.17) is 19.5 Å². The molecule has 0 amide bonds. The van der Waals surface area contributed by atoms with Crippen LogP contribution in [0.1, 0.15) is 61.0 Å². The van der Waals surface area contributed by atoms with Crippen molar-refractivity contribution in [2.45, 2.75) is 58.0 Å². The van der Waals surface area contributed by atoms with Crippen LogP contribution in [0, 0.1) is 13.8 Å². The van der Waals surface area contributed by atoms with Crippen molar-refractivity contribution in [1.82, 2.24) is 0 Å². The minimum Gasteiger partial charge on any atom is -0.475 e. The lowest BCUT2D eigenvalue weighted by Crippen LogP contribution is -2.09. The van der Waals surface area contributed by atoms with Crippen molar-refractivity contribution in [3.05, 3.63) is 115 Å². The molecule has 4 heterocycles. The van der Waals surface area contributed by atoms with E-state index in [2.05, 4.69) is 86.6 Å². The third kappa shape index (κ3) is 5.55. The molecule has 4 nitrogen and oxygen atoms in total. The molecule has 2 aliphatic heterocycles. The fraction of sp³-hybridized carbons (Fsp3) is 0.314. The number of hydrogen-bond donors (Lipinski definition) is 0. The molecule has 2 aromatic heterocycles. The Morgan fingerprint density at radius 1 is 0.659 bits per heavy atom. The molecule has 41 heavy (non-hydrogen) atoms. The molecule has 0 bridgehead atoms. The monoisotopic (exact) mass is 578 g/mol. The number of rotatable bonds is 8. The summed E-state index contributed by atoms with van der Waals surface area (Å²) in [5.74, 6) is 1.61. The predicted molar refractivity (Wildman–Crippen MR) is 172 cm³/mol. The van der Waals surface area contributed by atoms with Crippen LogP contribution in [0.25, 0.3) is 11.1 Å². The lowest BCUT2D eigenvalue weighted by Gasteiger charge is -2.07. The first kappa shape index (κ1) is 26.4. The molecule has 0 spiro atoms. The Morgan fingerprint density at radius 3 is 1.54 bits per heavy atom. The summed E-state index contributed by atoms with van der Waals surface area (Å²) < 4.78 is 12.2. The first-order valence-corrected chi connectivity index (χ1v) is 16.2. The Kier molecular flexibility index (Phi) is 7.36. The van der Waals surface area contributed by atoms with Crippen molar-refractivity contribution in [3.63, 3.8) is 0 Å². The lowest BCUT2D eigenvalue weighted by atomic mass is 9.97. The van der Waals surface area contributed by atoms with Gasteiger partial charge in [0, 0.05) is 9.75 Å². The van der Waals surface area contributed by atoms with Crippen molar-refractivity contribution in [2.75, 3.05) is 13.2 Å². The Hall–Kier alpha value is -3.48. The molecule has 2 aromatic carbocycles. The number of benzene rings is 2. The number of hydrogen-bond acceptors (Lipinski definition) is 6. The average molecular weight is 579 g/mol. The van der Waals surface area contributed by atoms with Gasteiger partial charge < -0.3 is 9.47 Å². The SMILES string of the molecule is Cc1sc(C2=N[C@@H](Cc3ccccc3)CO2)cc1C1=C(c2cc(C3=N[C@@H](Cc4ccccc4)CO3)sc2C)CCC1. The zero-order valence-corrected chi connectivity index (χ0v) is 25.2. The van der Waals surface area contributed by atoms with Gasteiger partial charge in [-0.2, -0.15) is 0 Å². The zero-order chi connectivity index (χ0) is 27.8. The average Bonchev–Trinajstić information content (AvgIpc) is 3.81. The van der Waals surface area contributed by atoms with Crippen LogP contribution in [0.15, 0.2) is 82.8 Å². The number of aryl methyl sites for hydroxylation is 2. The van der Waals surface area contributed by atoms with Gasteiger partial charge in [0.05, 0.1) is 21.8 Å². The van der Waals surface area contributed by atoms with E-state index in [1.807, 2.05) is 22.7 Å². The van der Waals surface area contributed by atoms with Gasteiger partial charge in [0.2, 0.25) is 11.8 Å². The van der Waals surface area contributed by atoms with Crippen molar-refractivity contribution in [2.24, 2.45) is 9.98 Å². The molecule has 4 aromatic rings. The molecule has 208 valence electrons. The van der Waals surface area contributed by atoms with Crippen molar-refractivity contribution in [3.8, 4) is 0 Å². The maximum Gasteiger partial charge on any atom is 0.226 e. The van der Waals surface area contributed by atoms with Crippen molar-refractivity contribution >= 4 is 45.6 Å². The van der Waals surface area contributed by atoms with Crippen LogP contribution in [-0.4, -0.2) is 37.1 Å². The molecule has 3 aliphatic rings. The second-order valence-electron chi connectivity index (χ2n) is 11.1. The fourth-order valence-electron chi connectivity index (χ4n) is 6.19. The van der Waals surface area contributed by atoms with Crippen LogP contribution >= 0.6 is 22.7 Å². The van der Waals surface area contributed by atoms with Gasteiger partial charge in [-0.3, -0.25) is 0 Å². The third-order valence-electron chi connectivity index (χ3n) is 8.18. The Labute approximate surface area is 250 Å². The van der Waals surface area contributed by atoms with Crippen LogP contribution in [-0.2, 0) is 22.3 Å². The molecular formula is C35H34N2O2S2. The van der Waals surface area contributed by atoms with E-state index in [0.29, 0.717) is 13.2 Å². The first-order valence-electron chi connectivity index (χ1n) is 14.5. The molecule has 0 saturated carbocycles. The zero-order valence-electron chi connectivity index (χ0n) is 23.6. The number of aliphatic imine (C=N–C) groups is 2. The van der Waals surface area contributed by atoms with E-state index in [1.54, 1.807) is 0 Å². The van der Waals surface area contributed by atoms with Gasteiger partial charge in [0.25, 0.3) is 0 Å². The van der Waals surface area contributed by atoms with Crippen LogP contribution in [0.5, 0.6) is 0 Å². The molecule has 0 N–H and O–H groups in total. The molecular weight excluding hydrogens is 545 g/mol. The Morgan fingerprint density at radius 2 is 1.10 bits per heavy atom. The third-order valence-corrected chi connectivity index (χ3v) is 10.3. The summed E-state index contributed by atoms with van der Waals surface area (Å²) >= 11 is 3.62. The maximum absolute atomic E-state index is 6.11. The number of allylic oxidation sites excluding steroid dienone is 2. The fourth-order valence-corrected chi connectivity index (χ4v) is 8.19. The van der Waals surface area contributed by atoms with Gasteiger partial charge in [-0.15, -0.1) is 22.7 Å². The minimum atomic E-state index is 0.180. The summed E-state index contributed by atoms with van der Waals surface area (Å²) in [5.41, 5.74) is 8.29. The van der Waals surface area contributed by atoms with E-state index >= 15 is 0 Å². The smallest absolute Gasteiger partial charge is 0.226 e. The number of thiophene rings is 2. The number of ether oxygens (including phenoxy) is 2. The van der Waals surface area contributed by atoms with Crippen LogP contribution in [0.2, 0.25) is 0 Å². The molecule has 6 heteroatoms. The summed E-state index contributed by atoms with van der Waals surface area (Å²) in [5, 5.41) is 0. The van der Waals surface area contributed by atoms with Crippen LogP contribution in [0.3, 0.4) is 0 Å². The van der Waals surface area contributed by atoms with Gasteiger partial charge >= 0.3 is 0 Å². The summed E-state index contributed by atoms with van der Waals surface area (Å²) in [6.07, 6.45) is 5.24. The Balaban J connectivity index is 1.12. The minimum absolute atomic E-state index is 0.180. The molecule has 1 aliphatic carbocycles. The summed E-state index contributed by atoms with van der Waals surface area (Å²) in [7, 11) is 0. The van der Waals surface area contributed by atoms with E-state index in [0.717, 1.165) is 47.2 Å². The summed E-state index contributed by atoms with van der Waals surface area (Å²) in [4.78, 5) is 14.9. The normalized spacial score (nSPS) is 20.2. The predicted octanol–water partition coefficient (Wildman–Crippen LogP) is 8.30. The largest absolute Gasteiger partial charge is 0.475 e. The topological polar surface area (TPSA) is 43.2 Å². The Bertz CT molecular complexity index is 1520. The van der Waals surface area contributed by atoms with Gasteiger partial charge in [-0.25, -0.2) is 9.98 Å². The highest BCUT2D eigenvalue weighted by molar-refractivity contribution is 7.14. The highest BCUT2D eigenvalue weighted by Gasteiger charge is 2.28. The lowest BCUT2D eigenvalue weighted by molar-refractivity contribution is 0.317. The quantitative estimate of drug-likeness (QED) is 0.211.